The van der Waals surface area contributed by atoms with E-state index in [0.29, 0.717) is 26.1 Å². The largest absolute Gasteiger partial charge is 0.417 e. The van der Waals surface area contributed by atoms with E-state index < -0.39 is 24.2 Å². The van der Waals surface area contributed by atoms with E-state index in [2.05, 4.69) is 0 Å². The van der Waals surface area contributed by atoms with Crippen molar-refractivity contribution in [1.29, 1.82) is 0 Å². The third-order valence-corrected chi connectivity index (χ3v) is 2.74. The minimum Gasteiger partial charge on any atom is -0.382 e. The van der Waals surface area contributed by atoms with Crippen molar-refractivity contribution in [2.45, 2.75) is 64.2 Å². The van der Waals surface area contributed by atoms with Crippen molar-refractivity contribution in [2.24, 2.45) is 0 Å². The molecule has 0 aromatic heterocycles. The van der Waals surface area contributed by atoms with Gasteiger partial charge in [0.25, 0.3) is 0 Å². The minimum atomic E-state index is -4.38. The molecule has 0 bridgehead atoms. The van der Waals surface area contributed by atoms with Crippen LogP contribution in [0.15, 0.2) is 0 Å². The predicted molar refractivity (Wildman–Crippen MR) is 60.2 cm³/mol. The first-order chi connectivity index (χ1) is 8.26. The first kappa shape index (κ1) is 15.7. The summed E-state index contributed by atoms with van der Waals surface area (Å²) in [5, 5.41) is 0. The fourth-order valence-electron chi connectivity index (χ4n) is 2.02. The molecule has 0 aliphatic carbocycles. The van der Waals surface area contributed by atoms with E-state index in [-0.39, 0.29) is 0 Å². The molecule has 0 N–H and O–H groups in total. The monoisotopic (exact) mass is 270 g/mol. The van der Waals surface area contributed by atoms with E-state index in [1.54, 1.807) is 0 Å². The van der Waals surface area contributed by atoms with Gasteiger partial charge in [-0.05, 0) is 40.0 Å². The third-order valence-electron chi connectivity index (χ3n) is 2.74. The van der Waals surface area contributed by atoms with Crippen LogP contribution in [0.4, 0.5) is 13.2 Å². The smallest absolute Gasteiger partial charge is 0.382 e. The SMILES string of the molecule is CCOCCCCC1OC(C)(C)O[C@@H]1C(F)(F)F. The first-order valence-corrected chi connectivity index (χ1v) is 6.26. The van der Waals surface area contributed by atoms with Gasteiger partial charge in [-0.25, -0.2) is 0 Å². The van der Waals surface area contributed by atoms with Crippen LogP contribution in [0.1, 0.15) is 40.0 Å². The number of halogens is 3. The maximum absolute atomic E-state index is 12.8. The summed E-state index contributed by atoms with van der Waals surface area (Å²) in [7, 11) is 0. The molecule has 1 fully saturated rings. The molecule has 18 heavy (non-hydrogen) atoms. The van der Waals surface area contributed by atoms with Gasteiger partial charge in [-0.2, -0.15) is 13.2 Å². The van der Waals surface area contributed by atoms with E-state index in [1.807, 2.05) is 6.92 Å². The Morgan fingerprint density at radius 1 is 1.17 bits per heavy atom. The molecular weight excluding hydrogens is 249 g/mol. The molecule has 1 rings (SSSR count). The van der Waals surface area contributed by atoms with Crippen LogP contribution in [0.3, 0.4) is 0 Å². The lowest BCUT2D eigenvalue weighted by Gasteiger charge is -2.19. The van der Waals surface area contributed by atoms with E-state index in [4.69, 9.17) is 14.2 Å². The molecule has 0 saturated carbocycles. The lowest BCUT2D eigenvalue weighted by molar-refractivity contribution is -0.233. The van der Waals surface area contributed by atoms with Crippen molar-refractivity contribution in [3.63, 3.8) is 0 Å². The highest BCUT2D eigenvalue weighted by Crippen LogP contribution is 2.39. The number of ether oxygens (including phenoxy) is 3. The highest BCUT2D eigenvalue weighted by atomic mass is 19.4. The van der Waals surface area contributed by atoms with Gasteiger partial charge in [0.2, 0.25) is 0 Å². The fraction of sp³-hybridized carbons (Fsp3) is 1.00. The van der Waals surface area contributed by atoms with E-state index >= 15 is 0 Å². The quantitative estimate of drug-likeness (QED) is 0.693. The first-order valence-electron chi connectivity index (χ1n) is 6.26. The summed E-state index contributed by atoms with van der Waals surface area (Å²) in [5.74, 6) is -1.16. The molecule has 0 amide bonds. The average molecular weight is 270 g/mol. The zero-order valence-corrected chi connectivity index (χ0v) is 11.0. The molecule has 3 nitrogen and oxygen atoms in total. The Morgan fingerprint density at radius 2 is 1.83 bits per heavy atom. The van der Waals surface area contributed by atoms with Crippen molar-refractivity contribution < 1.29 is 27.4 Å². The summed E-state index contributed by atoms with van der Waals surface area (Å²) in [4.78, 5) is 0. The Bertz CT molecular complexity index is 253. The molecular formula is C12H21F3O3. The van der Waals surface area contributed by atoms with E-state index in [9.17, 15) is 13.2 Å². The standard InChI is InChI=1S/C12H21F3O3/c1-4-16-8-6-5-7-9-10(12(13,14)15)18-11(2,3)17-9/h9-10H,4-8H2,1-3H3/t9?,10-/m0/s1. The summed E-state index contributed by atoms with van der Waals surface area (Å²) >= 11 is 0. The predicted octanol–water partition coefficient (Wildman–Crippen LogP) is 3.28. The van der Waals surface area contributed by atoms with Crippen LogP contribution >= 0.6 is 0 Å². The van der Waals surface area contributed by atoms with Gasteiger partial charge >= 0.3 is 6.18 Å². The molecule has 1 aliphatic rings. The topological polar surface area (TPSA) is 27.7 Å². The average Bonchev–Trinajstić information content (AvgIpc) is 2.53. The van der Waals surface area contributed by atoms with Gasteiger partial charge < -0.3 is 14.2 Å². The van der Waals surface area contributed by atoms with Gasteiger partial charge in [0.15, 0.2) is 11.9 Å². The highest BCUT2D eigenvalue weighted by Gasteiger charge is 2.54. The second-order valence-corrected chi connectivity index (χ2v) is 4.83. The lowest BCUT2D eigenvalue weighted by atomic mass is 10.1. The van der Waals surface area contributed by atoms with Crippen LogP contribution in [-0.4, -0.2) is 37.4 Å². The molecule has 1 heterocycles. The molecule has 1 unspecified atom stereocenters. The van der Waals surface area contributed by atoms with Crippen LogP contribution in [0, 0.1) is 0 Å². The van der Waals surface area contributed by atoms with Crippen molar-refractivity contribution in [3.8, 4) is 0 Å². The summed E-state index contributed by atoms with van der Waals surface area (Å²) in [6.45, 7) is 6.10. The fourth-order valence-corrected chi connectivity index (χ4v) is 2.02. The molecule has 2 atom stereocenters. The van der Waals surface area contributed by atoms with Gasteiger partial charge in [0, 0.05) is 13.2 Å². The van der Waals surface area contributed by atoms with Crippen molar-refractivity contribution in [2.75, 3.05) is 13.2 Å². The van der Waals surface area contributed by atoms with Crippen LogP contribution in [0.2, 0.25) is 0 Å². The number of unbranched alkanes of at least 4 members (excludes halogenated alkanes) is 1. The van der Waals surface area contributed by atoms with E-state index in [1.165, 1.54) is 13.8 Å². The van der Waals surface area contributed by atoms with Gasteiger partial charge in [-0.1, -0.05) is 0 Å². The maximum atomic E-state index is 12.8. The Labute approximate surface area is 106 Å². The van der Waals surface area contributed by atoms with Gasteiger partial charge in [0.1, 0.15) is 0 Å². The summed E-state index contributed by atoms with van der Waals surface area (Å²) in [6, 6.07) is 0. The number of hydrogen-bond donors (Lipinski definition) is 0. The zero-order valence-electron chi connectivity index (χ0n) is 11.0. The Hall–Kier alpha value is -0.330. The van der Waals surface area contributed by atoms with Crippen molar-refractivity contribution in [3.05, 3.63) is 0 Å². The zero-order chi connectivity index (χ0) is 13.8. The molecule has 0 radical (unpaired) electrons. The minimum absolute atomic E-state index is 0.334. The molecule has 1 aliphatic heterocycles. The Balaban J connectivity index is 2.42. The Kier molecular flexibility index (Phi) is 5.43. The van der Waals surface area contributed by atoms with E-state index in [0.717, 1.165) is 6.42 Å². The molecule has 1 saturated heterocycles. The maximum Gasteiger partial charge on any atom is 0.417 e. The molecule has 0 aromatic rings. The summed E-state index contributed by atoms with van der Waals surface area (Å²) < 4.78 is 53.6. The van der Waals surface area contributed by atoms with Crippen molar-refractivity contribution in [1.82, 2.24) is 0 Å². The van der Waals surface area contributed by atoms with Crippen molar-refractivity contribution >= 4 is 0 Å². The third kappa shape index (κ3) is 4.74. The molecule has 0 spiro atoms. The van der Waals surface area contributed by atoms with Crippen LogP contribution in [0.25, 0.3) is 0 Å². The van der Waals surface area contributed by atoms with Gasteiger partial charge in [-0.3, -0.25) is 0 Å². The van der Waals surface area contributed by atoms with Crippen LogP contribution in [0.5, 0.6) is 0 Å². The number of alkyl halides is 3. The highest BCUT2D eigenvalue weighted by molar-refractivity contribution is 4.86. The molecule has 0 aromatic carbocycles. The molecule has 6 heteroatoms. The van der Waals surface area contributed by atoms with Gasteiger partial charge in [0.05, 0.1) is 6.10 Å². The number of rotatable bonds is 6. The second kappa shape index (κ2) is 6.21. The lowest BCUT2D eigenvalue weighted by Crippen LogP contribution is -2.37. The summed E-state index contributed by atoms with van der Waals surface area (Å²) in [6.07, 6.45) is -5.41. The van der Waals surface area contributed by atoms with Crippen LogP contribution < -0.4 is 0 Å². The van der Waals surface area contributed by atoms with Crippen LogP contribution in [-0.2, 0) is 14.2 Å². The molecule has 108 valence electrons. The second-order valence-electron chi connectivity index (χ2n) is 4.83. The summed E-state index contributed by atoms with van der Waals surface area (Å²) in [5.41, 5.74) is 0. The number of hydrogen-bond acceptors (Lipinski definition) is 3. The Morgan fingerprint density at radius 3 is 2.39 bits per heavy atom. The normalized spacial score (nSPS) is 27.7. The van der Waals surface area contributed by atoms with Gasteiger partial charge in [-0.15, -0.1) is 0 Å².